The maximum Gasteiger partial charge on any atom is 0.219 e. The number of likely N-dealkylation sites (tertiary alicyclic amines) is 4. The Hall–Kier alpha value is -4.58. The van der Waals surface area contributed by atoms with Crippen LogP contribution in [-0.2, 0) is 22.4 Å². The average molecular weight is 777 g/mol. The number of fused-ring (bicyclic) bond motifs is 2. The van der Waals surface area contributed by atoms with Crippen molar-refractivity contribution in [2.75, 3.05) is 66.6 Å². The van der Waals surface area contributed by atoms with Crippen LogP contribution in [0.25, 0.3) is 33.6 Å². The summed E-state index contributed by atoms with van der Waals surface area (Å²) in [6.45, 7) is 10.5. The lowest BCUT2D eigenvalue weighted by molar-refractivity contribution is -0.161. The lowest BCUT2D eigenvalue weighted by Crippen LogP contribution is -2.72. The molecule has 2 aromatic carbocycles. The zero-order chi connectivity index (χ0) is 38.7. The Balaban J connectivity index is 0.909. The van der Waals surface area contributed by atoms with Gasteiger partial charge in [-0.15, -0.1) is 0 Å². The summed E-state index contributed by atoms with van der Waals surface area (Å²) in [6, 6.07) is 15.6. The van der Waals surface area contributed by atoms with Crippen molar-refractivity contribution in [3.63, 3.8) is 0 Å². The molecule has 0 radical (unpaired) electrons. The second-order valence-electron chi connectivity index (χ2n) is 17.2. The highest BCUT2D eigenvalue weighted by molar-refractivity contribution is 6.36. The van der Waals surface area contributed by atoms with Gasteiger partial charge in [-0.2, -0.15) is 0 Å². The fourth-order valence-corrected chi connectivity index (χ4v) is 11.1. The third-order valence-electron chi connectivity index (χ3n) is 13.5. The number of hydrogen-bond donors (Lipinski definition) is 0. The van der Waals surface area contributed by atoms with Crippen molar-refractivity contribution in [2.24, 2.45) is 10.8 Å². The van der Waals surface area contributed by atoms with Crippen molar-refractivity contribution >= 4 is 23.4 Å². The van der Waals surface area contributed by atoms with E-state index in [2.05, 4.69) is 15.9 Å². The molecule has 0 saturated carbocycles. The van der Waals surface area contributed by atoms with Gasteiger partial charge in [0.05, 0.1) is 30.6 Å². The zero-order valence-electron chi connectivity index (χ0n) is 32.3. The highest BCUT2D eigenvalue weighted by Gasteiger charge is 2.56. The molecule has 4 saturated heterocycles. The van der Waals surface area contributed by atoms with Crippen molar-refractivity contribution in [3.8, 4) is 45.4 Å². The molecule has 10 rings (SSSR count). The summed E-state index contributed by atoms with van der Waals surface area (Å²) in [7, 11) is 3.30. The zero-order valence-corrected chi connectivity index (χ0v) is 33.1. The molecule has 6 aliphatic rings. The van der Waals surface area contributed by atoms with Crippen LogP contribution >= 0.6 is 11.6 Å². The third-order valence-corrected chi connectivity index (χ3v) is 13.9. The van der Waals surface area contributed by atoms with Crippen LogP contribution in [0.1, 0.15) is 61.0 Å². The van der Waals surface area contributed by atoms with E-state index >= 15 is 4.39 Å². The van der Waals surface area contributed by atoms with Crippen molar-refractivity contribution in [3.05, 3.63) is 81.6 Å². The summed E-state index contributed by atoms with van der Waals surface area (Å²) < 4.78 is 28.6. The molecule has 290 valence electrons. The van der Waals surface area contributed by atoms with Gasteiger partial charge in [0.2, 0.25) is 23.6 Å². The summed E-state index contributed by atoms with van der Waals surface area (Å²) in [5.74, 6) is 1.04. The van der Waals surface area contributed by atoms with Crippen LogP contribution in [0.3, 0.4) is 0 Å². The molecule has 0 unspecified atom stereocenters. The molecular formula is C44H46ClFN6O4. The number of ether oxygens (including phenoxy) is 2. The topological polar surface area (TPSA) is 91.3 Å². The van der Waals surface area contributed by atoms with Gasteiger partial charge in [0.25, 0.3) is 0 Å². The van der Waals surface area contributed by atoms with Crippen LogP contribution < -0.4 is 9.47 Å². The number of carbonyl (C=O) groups excluding carboxylic acids is 2. The number of pyridine rings is 2. The Labute approximate surface area is 331 Å². The molecule has 0 N–H and O–H groups in total. The fraction of sp³-hybridized carbons (Fsp3) is 0.455. The molecule has 12 heteroatoms. The predicted octanol–water partition coefficient (Wildman–Crippen LogP) is 6.59. The number of carbonyl (C=O) groups is 2. The third kappa shape index (κ3) is 5.48. The van der Waals surface area contributed by atoms with Crippen LogP contribution in [0.4, 0.5) is 4.39 Å². The summed E-state index contributed by atoms with van der Waals surface area (Å²) in [4.78, 5) is 42.3. The smallest absolute Gasteiger partial charge is 0.219 e. The van der Waals surface area contributed by atoms with Crippen LogP contribution in [-0.4, -0.2) is 108 Å². The molecule has 6 heterocycles. The molecule has 4 aromatic rings. The number of hydrogen-bond acceptors (Lipinski definition) is 8. The number of aryl methyl sites for hydroxylation is 2. The number of amides is 2. The van der Waals surface area contributed by atoms with Gasteiger partial charge in [-0.05, 0) is 55.0 Å². The summed E-state index contributed by atoms with van der Waals surface area (Å²) in [5.41, 5.74) is 8.29. The van der Waals surface area contributed by atoms with E-state index < -0.39 is 5.82 Å². The van der Waals surface area contributed by atoms with E-state index in [1.807, 2.05) is 40.1 Å². The van der Waals surface area contributed by atoms with Crippen LogP contribution in [0, 0.1) is 16.6 Å². The summed E-state index contributed by atoms with van der Waals surface area (Å²) >= 11 is 7.20. The van der Waals surface area contributed by atoms with Crippen molar-refractivity contribution in [1.82, 2.24) is 29.6 Å². The van der Waals surface area contributed by atoms with Gasteiger partial charge < -0.3 is 19.3 Å². The van der Waals surface area contributed by atoms with E-state index in [4.69, 9.17) is 31.0 Å². The molecule has 2 amide bonds. The van der Waals surface area contributed by atoms with Crippen LogP contribution in [0.5, 0.6) is 11.8 Å². The number of methoxy groups -OCH3 is 2. The highest BCUT2D eigenvalue weighted by Crippen LogP contribution is 2.52. The van der Waals surface area contributed by atoms with Gasteiger partial charge in [0, 0.05) is 122 Å². The Morgan fingerprint density at radius 3 is 1.57 bits per heavy atom. The monoisotopic (exact) mass is 776 g/mol. The number of benzene rings is 2. The minimum Gasteiger partial charge on any atom is -0.481 e. The Bertz CT molecular complexity index is 2150. The summed E-state index contributed by atoms with van der Waals surface area (Å²) in [5, 5.41) is 0.421. The normalized spacial score (nSPS) is 22.9. The van der Waals surface area contributed by atoms with Gasteiger partial charge in [0.15, 0.2) is 0 Å². The van der Waals surface area contributed by atoms with Crippen LogP contribution in [0.15, 0.2) is 48.5 Å². The van der Waals surface area contributed by atoms with Gasteiger partial charge in [-0.3, -0.25) is 19.4 Å². The quantitative estimate of drug-likeness (QED) is 0.208. The SMILES string of the molecule is COc1nc(-c2cccc(-c3cccc(-c4cc5c(c(OC)n4)[C@@H](N4CC6(CN(C(C)=O)C6)C4)CC5)c3Cl)c2F)cc2c1[C@@H](N1CC3(CN(C(C)=O)C3)C1)CC2. The number of aromatic nitrogens is 2. The van der Waals surface area contributed by atoms with E-state index in [0.29, 0.717) is 50.4 Å². The minimum absolute atomic E-state index is 0.144. The van der Waals surface area contributed by atoms with Crippen molar-refractivity contribution in [2.45, 2.75) is 51.6 Å². The first-order valence-corrected chi connectivity index (χ1v) is 20.1. The summed E-state index contributed by atoms with van der Waals surface area (Å²) in [6.07, 6.45) is 3.70. The number of nitrogens with zero attached hydrogens (tertiary/aromatic N) is 6. The Kier molecular flexibility index (Phi) is 8.30. The Morgan fingerprint density at radius 1 is 0.679 bits per heavy atom. The predicted molar refractivity (Wildman–Crippen MR) is 211 cm³/mol. The van der Waals surface area contributed by atoms with E-state index in [1.165, 1.54) is 5.56 Å². The second kappa shape index (κ2) is 13.0. The van der Waals surface area contributed by atoms with Gasteiger partial charge in [0.1, 0.15) is 5.82 Å². The molecule has 4 aliphatic heterocycles. The van der Waals surface area contributed by atoms with Gasteiger partial charge >= 0.3 is 0 Å². The van der Waals surface area contributed by atoms with E-state index in [9.17, 15) is 9.59 Å². The van der Waals surface area contributed by atoms with Crippen molar-refractivity contribution < 1.29 is 23.5 Å². The van der Waals surface area contributed by atoms with E-state index in [1.54, 1.807) is 40.2 Å². The lowest BCUT2D eigenvalue weighted by atomic mass is 9.72. The average Bonchev–Trinajstić information content (AvgIpc) is 3.73. The fourth-order valence-electron chi connectivity index (χ4n) is 10.8. The highest BCUT2D eigenvalue weighted by atomic mass is 35.5. The molecule has 2 atom stereocenters. The van der Waals surface area contributed by atoms with Gasteiger partial charge in [-0.1, -0.05) is 41.9 Å². The largest absolute Gasteiger partial charge is 0.481 e. The minimum atomic E-state index is -0.396. The molecule has 10 nitrogen and oxygen atoms in total. The first kappa shape index (κ1) is 35.8. The van der Waals surface area contributed by atoms with E-state index in [0.717, 1.165) is 94.7 Å². The van der Waals surface area contributed by atoms with E-state index in [-0.39, 0.29) is 34.7 Å². The molecule has 2 aliphatic carbocycles. The molecular weight excluding hydrogens is 731 g/mol. The standard InChI is InChI=1S/C44H46ClFN6O4/c1-25(53)49-17-43(18-49)21-51(22-43)35-13-11-27-15-33(47-41(55-3)37(27)35)31-9-5-7-29(39(31)45)30-8-6-10-32(40(30)46)34-16-28-12-14-36(38(28)42(48-34)56-4)52-23-44(24-52)19-50(20-44)26(2)54/h5-10,15-16,35-36H,11-14,17-24H2,1-4H3/t35-,36-/m0/s1. The second-order valence-corrected chi connectivity index (χ2v) is 17.6. The van der Waals surface area contributed by atoms with Crippen molar-refractivity contribution in [1.29, 1.82) is 0 Å². The number of rotatable bonds is 7. The Morgan fingerprint density at radius 2 is 1.11 bits per heavy atom. The lowest BCUT2D eigenvalue weighted by Gasteiger charge is -2.61. The molecule has 56 heavy (non-hydrogen) atoms. The van der Waals surface area contributed by atoms with Gasteiger partial charge in [-0.25, -0.2) is 14.4 Å². The molecule has 0 bridgehead atoms. The first-order chi connectivity index (χ1) is 27.0. The van der Waals surface area contributed by atoms with Crippen LogP contribution in [0.2, 0.25) is 5.02 Å². The first-order valence-electron chi connectivity index (χ1n) is 19.7. The maximum atomic E-state index is 16.8. The number of halogens is 2. The molecule has 4 fully saturated rings. The molecule has 2 aromatic heterocycles. The molecule has 2 spiro atoms. The maximum absolute atomic E-state index is 16.8.